The topological polar surface area (TPSA) is 66.4 Å². The molecule has 0 aliphatic carbocycles. The molecule has 0 saturated carbocycles. The molecule has 0 heterocycles. The Kier molecular flexibility index (Phi) is 4.51. The van der Waals surface area contributed by atoms with Gasteiger partial charge in [0.2, 0.25) is 5.91 Å². The van der Waals surface area contributed by atoms with Crippen LogP contribution in [0.3, 0.4) is 0 Å². The van der Waals surface area contributed by atoms with Crippen molar-refractivity contribution in [2.75, 3.05) is 5.32 Å². The van der Waals surface area contributed by atoms with Crippen LogP contribution in [0, 0.1) is 6.92 Å². The first kappa shape index (κ1) is 14.5. The highest BCUT2D eigenvalue weighted by Crippen LogP contribution is 2.19. The van der Waals surface area contributed by atoms with Crippen molar-refractivity contribution >= 4 is 23.6 Å². The van der Waals surface area contributed by atoms with Gasteiger partial charge in [-0.05, 0) is 36.3 Å². The Morgan fingerprint density at radius 1 is 1.05 bits per heavy atom. The Labute approximate surface area is 122 Å². The number of rotatable bonds is 4. The predicted octanol–water partition coefficient (Wildman–Crippen LogP) is 3.35. The molecule has 0 radical (unpaired) electrons. The third-order valence-electron chi connectivity index (χ3n) is 3.05. The highest BCUT2D eigenvalue weighted by molar-refractivity contribution is 6.03. The van der Waals surface area contributed by atoms with E-state index in [4.69, 9.17) is 5.11 Å². The lowest BCUT2D eigenvalue weighted by atomic mass is 10.1. The van der Waals surface area contributed by atoms with Crippen LogP contribution >= 0.6 is 0 Å². The standard InChI is InChI=1S/C17H15NO3/c1-12-14(17(20)21)8-5-9-15(12)18-16(19)11-10-13-6-3-2-4-7-13/h2-11H,1H3,(H,18,19)(H,20,21)/b11-10+. The Morgan fingerprint density at radius 3 is 2.43 bits per heavy atom. The summed E-state index contributed by atoms with van der Waals surface area (Å²) in [5, 5.41) is 11.7. The molecule has 0 atom stereocenters. The van der Waals surface area contributed by atoms with Crippen LogP contribution in [0.4, 0.5) is 5.69 Å². The normalized spacial score (nSPS) is 10.5. The predicted molar refractivity (Wildman–Crippen MR) is 82.2 cm³/mol. The number of nitrogens with one attached hydrogen (secondary N) is 1. The first-order valence-corrected chi connectivity index (χ1v) is 6.45. The number of hydrogen-bond acceptors (Lipinski definition) is 2. The molecule has 0 saturated heterocycles. The van der Waals surface area contributed by atoms with E-state index in [1.165, 1.54) is 12.1 Å². The van der Waals surface area contributed by atoms with E-state index in [2.05, 4.69) is 5.32 Å². The van der Waals surface area contributed by atoms with Crippen molar-refractivity contribution in [2.45, 2.75) is 6.92 Å². The lowest BCUT2D eigenvalue weighted by molar-refractivity contribution is -0.111. The molecule has 1 amide bonds. The van der Waals surface area contributed by atoms with Crippen molar-refractivity contribution in [3.05, 3.63) is 71.3 Å². The number of carbonyl (C=O) groups excluding carboxylic acids is 1. The first-order valence-electron chi connectivity index (χ1n) is 6.45. The van der Waals surface area contributed by atoms with Crippen molar-refractivity contribution in [3.8, 4) is 0 Å². The number of benzene rings is 2. The fourth-order valence-corrected chi connectivity index (χ4v) is 1.91. The van der Waals surface area contributed by atoms with E-state index in [-0.39, 0.29) is 11.5 Å². The maximum atomic E-state index is 11.9. The number of amides is 1. The maximum absolute atomic E-state index is 11.9. The average Bonchev–Trinajstić information content (AvgIpc) is 2.48. The van der Waals surface area contributed by atoms with Crippen molar-refractivity contribution in [2.24, 2.45) is 0 Å². The zero-order valence-electron chi connectivity index (χ0n) is 11.5. The minimum Gasteiger partial charge on any atom is -0.478 e. The lowest BCUT2D eigenvalue weighted by Gasteiger charge is -2.08. The summed E-state index contributed by atoms with van der Waals surface area (Å²) in [6.07, 6.45) is 3.12. The second-order valence-corrected chi connectivity index (χ2v) is 4.52. The van der Waals surface area contributed by atoms with Gasteiger partial charge in [0, 0.05) is 11.8 Å². The average molecular weight is 281 g/mol. The van der Waals surface area contributed by atoms with Crippen molar-refractivity contribution < 1.29 is 14.7 Å². The Hall–Kier alpha value is -2.88. The van der Waals surface area contributed by atoms with Gasteiger partial charge in [0.05, 0.1) is 5.56 Å². The SMILES string of the molecule is Cc1c(NC(=O)/C=C/c2ccccc2)cccc1C(=O)O. The number of aromatic carboxylic acids is 1. The Balaban J connectivity index is 2.12. The number of carbonyl (C=O) groups is 2. The molecule has 0 fully saturated rings. The second-order valence-electron chi connectivity index (χ2n) is 4.52. The minimum atomic E-state index is -1.01. The van der Waals surface area contributed by atoms with E-state index in [0.29, 0.717) is 11.3 Å². The highest BCUT2D eigenvalue weighted by atomic mass is 16.4. The molecule has 21 heavy (non-hydrogen) atoms. The molecular weight excluding hydrogens is 266 g/mol. The van der Waals surface area contributed by atoms with Crippen LogP contribution in [0.1, 0.15) is 21.5 Å². The number of anilines is 1. The fourth-order valence-electron chi connectivity index (χ4n) is 1.91. The van der Waals surface area contributed by atoms with Crippen molar-refractivity contribution in [3.63, 3.8) is 0 Å². The summed E-state index contributed by atoms with van der Waals surface area (Å²) in [4.78, 5) is 22.9. The molecule has 2 rings (SSSR count). The van der Waals surface area contributed by atoms with E-state index in [1.807, 2.05) is 30.3 Å². The van der Waals surface area contributed by atoms with Crippen LogP contribution in [0.15, 0.2) is 54.6 Å². The van der Waals surface area contributed by atoms with Crippen LogP contribution in [0.2, 0.25) is 0 Å². The number of hydrogen-bond donors (Lipinski definition) is 2. The molecule has 0 aliphatic rings. The van der Waals surface area contributed by atoms with Crippen LogP contribution in [0.5, 0.6) is 0 Å². The highest BCUT2D eigenvalue weighted by Gasteiger charge is 2.10. The molecule has 0 bridgehead atoms. The van der Waals surface area contributed by atoms with E-state index in [9.17, 15) is 9.59 Å². The molecule has 0 aromatic heterocycles. The molecule has 4 heteroatoms. The molecular formula is C17H15NO3. The molecule has 2 aromatic carbocycles. The maximum Gasteiger partial charge on any atom is 0.336 e. The monoisotopic (exact) mass is 281 g/mol. The number of carboxylic acid groups (broad SMARTS) is 1. The molecule has 106 valence electrons. The molecule has 4 nitrogen and oxygen atoms in total. The zero-order valence-corrected chi connectivity index (χ0v) is 11.5. The van der Waals surface area contributed by atoms with Gasteiger partial charge < -0.3 is 10.4 Å². The van der Waals surface area contributed by atoms with E-state index in [0.717, 1.165) is 5.56 Å². The molecule has 0 spiro atoms. The van der Waals surface area contributed by atoms with Crippen LogP contribution in [-0.2, 0) is 4.79 Å². The van der Waals surface area contributed by atoms with E-state index in [1.54, 1.807) is 25.1 Å². The summed E-state index contributed by atoms with van der Waals surface area (Å²) in [6, 6.07) is 14.2. The van der Waals surface area contributed by atoms with Gasteiger partial charge in [0.15, 0.2) is 0 Å². The molecule has 2 N–H and O–H groups in total. The van der Waals surface area contributed by atoms with Crippen LogP contribution in [-0.4, -0.2) is 17.0 Å². The quantitative estimate of drug-likeness (QED) is 0.845. The summed E-state index contributed by atoms with van der Waals surface area (Å²) in [5.74, 6) is -1.31. The third-order valence-corrected chi connectivity index (χ3v) is 3.05. The summed E-state index contributed by atoms with van der Waals surface area (Å²) >= 11 is 0. The summed E-state index contributed by atoms with van der Waals surface area (Å²) in [6.45, 7) is 1.67. The van der Waals surface area contributed by atoms with Gasteiger partial charge in [0.25, 0.3) is 0 Å². The molecule has 2 aromatic rings. The second kappa shape index (κ2) is 6.52. The minimum absolute atomic E-state index is 0.180. The molecule has 0 unspecified atom stereocenters. The van der Waals surface area contributed by atoms with Crippen LogP contribution in [0.25, 0.3) is 6.08 Å². The summed E-state index contributed by atoms with van der Waals surface area (Å²) in [5.41, 5.74) is 2.13. The fraction of sp³-hybridized carbons (Fsp3) is 0.0588. The summed E-state index contributed by atoms with van der Waals surface area (Å²) < 4.78 is 0. The Morgan fingerprint density at radius 2 is 1.76 bits per heavy atom. The van der Waals surface area contributed by atoms with E-state index < -0.39 is 5.97 Å². The third kappa shape index (κ3) is 3.79. The number of carboxylic acids is 1. The van der Waals surface area contributed by atoms with Gasteiger partial charge in [-0.1, -0.05) is 36.4 Å². The van der Waals surface area contributed by atoms with Gasteiger partial charge in [0.1, 0.15) is 0 Å². The first-order chi connectivity index (χ1) is 10.1. The van der Waals surface area contributed by atoms with Crippen molar-refractivity contribution in [1.82, 2.24) is 0 Å². The van der Waals surface area contributed by atoms with Gasteiger partial charge in [-0.25, -0.2) is 4.79 Å². The van der Waals surface area contributed by atoms with Gasteiger partial charge in [-0.15, -0.1) is 0 Å². The Bertz CT molecular complexity index is 690. The lowest BCUT2D eigenvalue weighted by Crippen LogP contribution is -2.11. The zero-order chi connectivity index (χ0) is 15.2. The van der Waals surface area contributed by atoms with Gasteiger partial charge >= 0.3 is 5.97 Å². The van der Waals surface area contributed by atoms with E-state index >= 15 is 0 Å². The summed E-state index contributed by atoms with van der Waals surface area (Å²) in [7, 11) is 0. The van der Waals surface area contributed by atoms with Crippen molar-refractivity contribution in [1.29, 1.82) is 0 Å². The molecule has 0 aliphatic heterocycles. The van der Waals surface area contributed by atoms with Gasteiger partial charge in [-0.3, -0.25) is 4.79 Å². The largest absolute Gasteiger partial charge is 0.478 e. The van der Waals surface area contributed by atoms with Crippen LogP contribution < -0.4 is 5.32 Å². The smallest absolute Gasteiger partial charge is 0.336 e. The van der Waals surface area contributed by atoms with Gasteiger partial charge in [-0.2, -0.15) is 0 Å².